The van der Waals surface area contributed by atoms with Gasteiger partial charge in [-0.15, -0.1) is 0 Å². The molecule has 1 aliphatic carbocycles. The molecule has 0 saturated heterocycles. The third kappa shape index (κ3) is 1.95. The standard InChI is InChI=1S/C12H15F2NO/c13-9-2-1-3-10(14)11(9)12(16)6-4-8(15)5-7-12/h1-3,8,16H,4-7,15H2. The summed E-state index contributed by atoms with van der Waals surface area (Å²) >= 11 is 0. The van der Waals surface area contributed by atoms with Crippen molar-refractivity contribution in [2.45, 2.75) is 37.3 Å². The summed E-state index contributed by atoms with van der Waals surface area (Å²) in [5.74, 6) is -1.36. The lowest BCUT2D eigenvalue weighted by molar-refractivity contribution is -0.0112. The van der Waals surface area contributed by atoms with E-state index in [1.165, 1.54) is 18.2 Å². The fourth-order valence-electron chi connectivity index (χ4n) is 2.31. The molecule has 0 amide bonds. The van der Waals surface area contributed by atoms with Gasteiger partial charge in [-0.1, -0.05) is 6.07 Å². The van der Waals surface area contributed by atoms with Crippen molar-refractivity contribution in [1.29, 1.82) is 0 Å². The first-order valence-corrected chi connectivity index (χ1v) is 5.45. The highest BCUT2D eigenvalue weighted by Gasteiger charge is 2.37. The molecule has 88 valence electrons. The molecule has 0 heterocycles. The van der Waals surface area contributed by atoms with E-state index >= 15 is 0 Å². The molecular weight excluding hydrogens is 212 g/mol. The van der Waals surface area contributed by atoms with Gasteiger partial charge in [-0.25, -0.2) is 8.78 Å². The molecule has 1 aromatic rings. The van der Waals surface area contributed by atoms with Crippen LogP contribution in [-0.2, 0) is 5.60 Å². The molecule has 16 heavy (non-hydrogen) atoms. The molecule has 0 atom stereocenters. The Morgan fingerprint density at radius 2 is 1.69 bits per heavy atom. The molecule has 1 aliphatic rings. The number of hydrogen-bond donors (Lipinski definition) is 2. The van der Waals surface area contributed by atoms with Crippen molar-refractivity contribution in [3.63, 3.8) is 0 Å². The van der Waals surface area contributed by atoms with Crippen LogP contribution < -0.4 is 5.73 Å². The van der Waals surface area contributed by atoms with Crippen LogP contribution in [0.1, 0.15) is 31.2 Å². The zero-order chi connectivity index (χ0) is 11.8. The second-order valence-corrected chi connectivity index (χ2v) is 4.47. The second-order valence-electron chi connectivity index (χ2n) is 4.47. The Hall–Kier alpha value is -1.00. The molecular formula is C12H15F2NO. The van der Waals surface area contributed by atoms with Crippen LogP contribution in [0.2, 0.25) is 0 Å². The van der Waals surface area contributed by atoms with Gasteiger partial charge in [0, 0.05) is 6.04 Å². The monoisotopic (exact) mass is 227 g/mol. The number of halogens is 2. The maximum absolute atomic E-state index is 13.5. The van der Waals surface area contributed by atoms with E-state index < -0.39 is 17.2 Å². The lowest BCUT2D eigenvalue weighted by Gasteiger charge is -2.35. The molecule has 1 saturated carbocycles. The highest BCUT2D eigenvalue weighted by molar-refractivity contribution is 5.26. The third-order valence-corrected chi connectivity index (χ3v) is 3.29. The van der Waals surface area contributed by atoms with E-state index in [-0.39, 0.29) is 11.6 Å². The number of aliphatic hydroxyl groups is 1. The summed E-state index contributed by atoms with van der Waals surface area (Å²) in [6.45, 7) is 0. The van der Waals surface area contributed by atoms with Crippen LogP contribution in [0.15, 0.2) is 18.2 Å². The van der Waals surface area contributed by atoms with Crippen LogP contribution in [0.3, 0.4) is 0 Å². The van der Waals surface area contributed by atoms with Gasteiger partial charge in [-0.2, -0.15) is 0 Å². The average molecular weight is 227 g/mol. The molecule has 0 aliphatic heterocycles. The number of nitrogens with two attached hydrogens (primary N) is 1. The summed E-state index contributed by atoms with van der Waals surface area (Å²) < 4.78 is 27.1. The maximum atomic E-state index is 13.5. The van der Waals surface area contributed by atoms with Gasteiger partial charge in [0.15, 0.2) is 0 Å². The van der Waals surface area contributed by atoms with Crippen LogP contribution in [0.4, 0.5) is 8.78 Å². The zero-order valence-electron chi connectivity index (χ0n) is 8.92. The van der Waals surface area contributed by atoms with Crippen LogP contribution in [-0.4, -0.2) is 11.1 Å². The van der Waals surface area contributed by atoms with Crippen LogP contribution >= 0.6 is 0 Å². The lowest BCUT2D eigenvalue weighted by atomic mass is 9.77. The Morgan fingerprint density at radius 3 is 2.19 bits per heavy atom. The van der Waals surface area contributed by atoms with Gasteiger partial charge < -0.3 is 10.8 Å². The van der Waals surface area contributed by atoms with Gasteiger partial charge in [0.05, 0.1) is 11.2 Å². The van der Waals surface area contributed by atoms with Gasteiger partial charge >= 0.3 is 0 Å². The van der Waals surface area contributed by atoms with Crippen molar-refractivity contribution in [2.75, 3.05) is 0 Å². The first kappa shape index (κ1) is 11.5. The van der Waals surface area contributed by atoms with E-state index in [0.717, 1.165) is 0 Å². The quantitative estimate of drug-likeness (QED) is 0.771. The van der Waals surface area contributed by atoms with Crippen molar-refractivity contribution in [3.05, 3.63) is 35.4 Å². The molecule has 1 fully saturated rings. The molecule has 2 rings (SSSR count). The van der Waals surface area contributed by atoms with Crippen molar-refractivity contribution in [2.24, 2.45) is 5.73 Å². The van der Waals surface area contributed by atoms with Crippen molar-refractivity contribution in [1.82, 2.24) is 0 Å². The normalized spacial score (nSPS) is 30.4. The van der Waals surface area contributed by atoms with E-state index in [0.29, 0.717) is 25.7 Å². The van der Waals surface area contributed by atoms with Gasteiger partial charge in [-0.3, -0.25) is 0 Å². The smallest absolute Gasteiger partial charge is 0.132 e. The summed E-state index contributed by atoms with van der Waals surface area (Å²) in [7, 11) is 0. The minimum Gasteiger partial charge on any atom is -0.385 e. The summed E-state index contributed by atoms with van der Waals surface area (Å²) in [6, 6.07) is 3.66. The van der Waals surface area contributed by atoms with Crippen molar-refractivity contribution >= 4 is 0 Å². The predicted octanol–water partition coefficient (Wildman–Crippen LogP) is 2.05. The molecule has 0 radical (unpaired) electrons. The Bertz CT molecular complexity index is 366. The molecule has 0 unspecified atom stereocenters. The summed E-state index contributed by atoms with van der Waals surface area (Å²) in [6.07, 6.45) is 1.80. The van der Waals surface area contributed by atoms with Gasteiger partial charge in [0.2, 0.25) is 0 Å². The summed E-state index contributed by atoms with van der Waals surface area (Å²) in [4.78, 5) is 0. The number of hydrogen-bond acceptors (Lipinski definition) is 2. The van der Waals surface area contributed by atoms with E-state index in [9.17, 15) is 13.9 Å². The van der Waals surface area contributed by atoms with Crippen molar-refractivity contribution in [3.8, 4) is 0 Å². The molecule has 1 aromatic carbocycles. The van der Waals surface area contributed by atoms with E-state index in [4.69, 9.17) is 5.73 Å². The molecule has 0 spiro atoms. The Morgan fingerprint density at radius 1 is 1.19 bits per heavy atom. The first-order valence-electron chi connectivity index (χ1n) is 5.45. The summed E-state index contributed by atoms with van der Waals surface area (Å²) in [5.41, 5.74) is 4.11. The van der Waals surface area contributed by atoms with Crippen molar-refractivity contribution < 1.29 is 13.9 Å². The number of rotatable bonds is 1. The SMILES string of the molecule is NC1CCC(O)(c2c(F)cccc2F)CC1. The Balaban J connectivity index is 2.36. The second kappa shape index (κ2) is 4.11. The fraction of sp³-hybridized carbons (Fsp3) is 0.500. The lowest BCUT2D eigenvalue weighted by Crippen LogP contribution is -2.38. The molecule has 0 bridgehead atoms. The molecule has 2 nitrogen and oxygen atoms in total. The summed E-state index contributed by atoms with van der Waals surface area (Å²) in [5, 5.41) is 10.3. The van der Waals surface area contributed by atoms with Gasteiger partial charge in [0.1, 0.15) is 11.6 Å². The minimum atomic E-state index is -1.40. The minimum absolute atomic E-state index is 0.0232. The van der Waals surface area contributed by atoms with Crippen LogP contribution in [0.5, 0.6) is 0 Å². The first-order chi connectivity index (χ1) is 7.53. The van der Waals surface area contributed by atoms with E-state index in [1.807, 2.05) is 0 Å². The Labute approximate surface area is 93.1 Å². The molecule has 4 heteroatoms. The van der Waals surface area contributed by atoms with Gasteiger partial charge in [-0.05, 0) is 37.8 Å². The predicted molar refractivity (Wildman–Crippen MR) is 56.7 cm³/mol. The molecule has 3 N–H and O–H groups in total. The molecule has 0 aromatic heterocycles. The van der Waals surface area contributed by atoms with Gasteiger partial charge in [0.25, 0.3) is 0 Å². The largest absolute Gasteiger partial charge is 0.385 e. The topological polar surface area (TPSA) is 46.2 Å². The average Bonchev–Trinajstić information content (AvgIpc) is 2.23. The highest BCUT2D eigenvalue weighted by atomic mass is 19.1. The Kier molecular flexibility index (Phi) is 2.95. The third-order valence-electron chi connectivity index (χ3n) is 3.29. The maximum Gasteiger partial charge on any atom is 0.132 e. The fourth-order valence-corrected chi connectivity index (χ4v) is 2.31. The highest BCUT2D eigenvalue weighted by Crippen LogP contribution is 2.38. The van der Waals surface area contributed by atoms with Crippen LogP contribution in [0.25, 0.3) is 0 Å². The van der Waals surface area contributed by atoms with Crippen LogP contribution in [0, 0.1) is 11.6 Å². The number of benzene rings is 1. The zero-order valence-corrected chi connectivity index (χ0v) is 8.92. The van der Waals surface area contributed by atoms with E-state index in [1.54, 1.807) is 0 Å². The van der Waals surface area contributed by atoms with E-state index in [2.05, 4.69) is 0 Å².